The quantitative estimate of drug-likeness (QED) is 0.427. The number of hydrogen-bond acceptors (Lipinski definition) is 0. The van der Waals surface area contributed by atoms with E-state index >= 15 is 0 Å². The minimum atomic E-state index is -7.34. The van der Waals surface area contributed by atoms with Crippen molar-refractivity contribution in [2.24, 2.45) is 0 Å². The summed E-state index contributed by atoms with van der Waals surface area (Å²) < 4.78 is 168. The zero-order chi connectivity index (χ0) is 21.4. The van der Waals surface area contributed by atoms with Crippen LogP contribution in [0.5, 0.6) is 0 Å². The summed E-state index contributed by atoms with van der Waals surface area (Å²) >= 11 is 0. The monoisotopic (exact) mass is 422 g/mol. The van der Waals surface area contributed by atoms with Gasteiger partial charge < -0.3 is 0 Å². The van der Waals surface area contributed by atoms with E-state index in [-0.39, 0.29) is 12.1 Å². The fourth-order valence-electron chi connectivity index (χ4n) is 1.86. The number of hydrogen-bond donors (Lipinski definition) is 0. The molecular formula is C14H7F13. The summed E-state index contributed by atoms with van der Waals surface area (Å²) in [4.78, 5) is 0. The Morgan fingerprint density at radius 1 is 0.778 bits per heavy atom. The predicted octanol–water partition coefficient (Wildman–Crippen LogP) is 6.74. The van der Waals surface area contributed by atoms with Gasteiger partial charge in [0.15, 0.2) is 6.17 Å². The largest absolute Gasteiger partial charge is 0.384 e. The summed E-state index contributed by atoms with van der Waals surface area (Å²) in [5, 5.41) is 0. The van der Waals surface area contributed by atoms with Crippen molar-refractivity contribution in [1.82, 2.24) is 0 Å². The molecule has 1 aromatic carbocycles. The fourth-order valence-corrected chi connectivity index (χ4v) is 1.86. The van der Waals surface area contributed by atoms with Gasteiger partial charge in [0.05, 0.1) is 0 Å². The van der Waals surface area contributed by atoms with Crippen LogP contribution in [0.15, 0.2) is 30.3 Å². The standard InChI is InChI=1S/C14H7F13/c15-8(16)5-6-2-1-3-7(4-6)9(17)11(20,21)13(24,25)14(26,27)12(22,23)10(18)19/h1-5,9-10H. The Morgan fingerprint density at radius 2 is 1.26 bits per heavy atom. The van der Waals surface area contributed by atoms with Crippen molar-refractivity contribution >= 4 is 6.08 Å². The minimum Gasteiger partial charge on any atom is -0.235 e. The molecule has 0 spiro atoms. The van der Waals surface area contributed by atoms with E-state index in [1.165, 1.54) is 0 Å². The SMILES string of the molecule is FC(F)=Cc1cccc(C(F)C(F)(F)C(F)(F)C(F)(F)C(F)(F)C(F)F)c1. The molecule has 0 aliphatic heterocycles. The van der Waals surface area contributed by atoms with Crippen molar-refractivity contribution in [2.75, 3.05) is 0 Å². The van der Waals surface area contributed by atoms with Crippen LogP contribution in [0.25, 0.3) is 6.08 Å². The first-order chi connectivity index (χ1) is 12.0. The molecule has 0 N–H and O–H groups in total. The van der Waals surface area contributed by atoms with Gasteiger partial charge in [0.1, 0.15) is 0 Å². The molecule has 1 aromatic rings. The minimum absolute atomic E-state index is 0.0218. The third kappa shape index (κ3) is 3.86. The van der Waals surface area contributed by atoms with Gasteiger partial charge >= 0.3 is 30.1 Å². The van der Waals surface area contributed by atoms with E-state index in [2.05, 4.69) is 0 Å². The molecule has 1 atom stereocenters. The topological polar surface area (TPSA) is 0 Å². The Labute approximate surface area is 142 Å². The summed E-state index contributed by atoms with van der Waals surface area (Å²) in [6.07, 6.45) is -12.3. The van der Waals surface area contributed by atoms with Crippen LogP contribution in [0.1, 0.15) is 17.3 Å². The van der Waals surface area contributed by atoms with E-state index in [0.29, 0.717) is 12.1 Å². The first-order valence-corrected chi connectivity index (χ1v) is 6.56. The number of benzene rings is 1. The van der Waals surface area contributed by atoms with Crippen LogP contribution < -0.4 is 0 Å². The Hall–Kier alpha value is -1.95. The molecule has 13 heteroatoms. The van der Waals surface area contributed by atoms with Crippen LogP contribution in [-0.2, 0) is 0 Å². The van der Waals surface area contributed by atoms with Gasteiger partial charge in [-0.15, -0.1) is 0 Å². The third-order valence-electron chi connectivity index (χ3n) is 3.30. The van der Waals surface area contributed by atoms with Crippen LogP contribution in [0.2, 0.25) is 0 Å². The second kappa shape index (κ2) is 7.23. The van der Waals surface area contributed by atoms with Gasteiger partial charge in [0, 0.05) is 6.08 Å². The van der Waals surface area contributed by atoms with Gasteiger partial charge in [-0.3, -0.25) is 0 Å². The van der Waals surface area contributed by atoms with Crippen molar-refractivity contribution < 1.29 is 57.1 Å². The highest BCUT2D eigenvalue weighted by Gasteiger charge is 2.84. The van der Waals surface area contributed by atoms with E-state index < -0.39 is 53.5 Å². The van der Waals surface area contributed by atoms with Crippen LogP contribution in [-0.4, -0.2) is 30.1 Å². The molecule has 1 unspecified atom stereocenters. The Kier molecular flexibility index (Phi) is 6.18. The third-order valence-corrected chi connectivity index (χ3v) is 3.30. The molecule has 154 valence electrons. The molecule has 0 saturated heterocycles. The Balaban J connectivity index is 3.41. The zero-order valence-corrected chi connectivity index (χ0v) is 12.5. The molecule has 0 radical (unpaired) electrons. The van der Waals surface area contributed by atoms with Crippen LogP contribution >= 0.6 is 0 Å². The van der Waals surface area contributed by atoms with E-state index in [9.17, 15) is 57.1 Å². The van der Waals surface area contributed by atoms with E-state index in [0.717, 1.165) is 6.07 Å². The molecule has 1 rings (SSSR count). The predicted molar refractivity (Wildman–Crippen MR) is 66.3 cm³/mol. The highest BCUT2D eigenvalue weighted by atomic mass is 19.4. The number of halogens is 13. The molecule has 0 bridgehead atoms. The molecule has 27 heavy (non-hydrogen) atoms. The van der Waals surface area contributed by atoms with Crippen molar-refractivity contribution in [3.05, 3.63) is 41.5 Å². The molecule has 0 saturated carbocycles. The molecule has 0 amide bonds. The van der Waals surface area contributed by atoms with Gasteiger partial charge in [-0.05, 0) is 17.2 Å². The summed E-state index contributed by atoms with van der Waals surface area (Å²) in [7, 11) is 0. The number of alkyl halides is 11. The van der Waals surface area contributed by atoms with Gasteiger partial charge in [-0.2, -0.15) is 43.9 Å². The van der Waals surface area contributed by atoms with E-state index in [1.54, 1.807) is 0 Å². The summed E-state index contributed by atoms with van der Waals surface area (Å²) in [5.74, 6) is -28.1. The highest BCUT2D eigenvalue weighted by molar-refractivity contribution is 5.51. The molecule has 0 nitrogen and oxygen atoms in total. The first kappa shape index (κ1) is 23.1. The van der Waals surface area contributed by atoms with Crippen molar-refractivity contribution in [1.29, 1.82) is 0 Å². The molecule has 0 fully saturated rings. The Morgan fingerprint density at radius 3 is 1.70 bits per heavy atom. The zero-order valence-electron chi connectivity index (χ0n) is 12.5. The van der Waals surface area contributed by atoms with E-state index in [1.807, 2.05) is 0 Å². The normalized spacial score (nSPS) is 15.0. The molecule has 0 aliphatic rings. The molecule has 0 heterocycles. The van der Waals surface area contributed by atoms with Crippen molar-refractivity contribution in [2.45, 2.75) is 36.3 Å². The molecule has 0 aliphatic carbocycles. The average molecular weight is 422 g/mol. The maximum Gasteiger partial charge on any atom is 0.384 e. The van der Waals surface area contributed by atoms with Gasteiger partial charge in [-0.1, -0.05) is 18.2 Å². The first-order valence-electron chi connectivity index (χ1n) is 6.56. The van der Waals surface area contributed by atoms with Crippen molar-refractivity contribution in [3.63, 3.8) is 0 Å². The number of rotatable bonds is 7. The molecule has 0 aromatic heterocycles. The second-order valence-electron chi connectivity index (χ2n) is 5.16. The maximum absolute atomic E-state index is 13.8. The fraction of sp³-hybridized carbons (Fsp3) is 0.429. The lowest BCUT2D eigenvalue weighted by atomic mass is 9.92. The molecular weight excluding hydrogens is 415 g/mol. The van der Waals surface area contributed by atoms with Crippen LogP contribution in [0.4, 0.5) is 57.1 Å². The lowest BCUT2D eigenvalue weighted by molar-refractivity contribution is -0.391. The average Bonchev–Trinajstić information content (AvgIpc) is 2.52. The second-order valence-corrected chi connectivity index (χ2v) is 5.16. The highest BCUT2D eigenvalue weighted by Crippen LogP contribution is 2.58. The van der Waals surface area contributed by atoms with Gasteiger partial charge in [-0.25, -0.2) is 13.2 Å². The van der Waals surface area contributed by atoms with E-state index in [4.69, 9.17) is 0 Å². The van der Waals surface area contributed by atoms with Crippen LogP contribution in [0, 0.1) is 0 Å². The summed E-state index contributed by atoms with van der Waals surface area (Å²) in [5.41, 5.74) is -2.26. The summed E-state index contributed by atoms with van der Waals surface area (Å²) in [6, 6.07) is 1.81. The van der Waals surface area contributed by atoms with Crippen LogP contribution in [0.3, 0.4) is 0 Å². The lowest BCUT2D eigenvalue weighted by Crippen LogP contribution is -2.65. The Bertz CT molecular complexity index is 688. The van der Waals surface area contributed by atoms with Gasteiger partial charge in [0.2, 0.25) is 0 Å². The summed E-state index contributed by atoms with van der Waals surface area (Å²) in [6.45, 7) is 0. The van der Waals surface area contributed by atoms with Crippen molar-refractivity contribution in [3.8, 4) is 0 Å². The lowest BCUT2D eigenvalue weighted by Gasteiger charge is -2.37. The smallest absolute Gasteiger partial charge is 0.235 e. The maximum atomic E-state index is 13.8. The van der Waals surface area contributed by atoms with Gasteiger partial charge in [0.25, 0.3) is 6.08 Å².